The first-order chi connectivity index (χ1) is 9.58. The number of aliphatic hydroxyl groups is 3. The lowest BCUT2D eigenvalue weighted by Gasteiger charge is -2.38. The van der Waals surface area contributed by atoms with Crippen LogP contribution in [0.1, 0.15) is 53.9 Å². The van der Waals surface area contributed by atoms with Gasteiger partial charge in [0.15, 0.2) is 0 Å². The molecule has 1 saturated heterocycles. The van der Waals surface area contributed by atoms with E-state index in [4.69, 9.17) is 0 Å². The standard InChI is InChI=1S/C16H33NO3S/c1-6-16(5,10-15(2,3)4)21-8-7-11-13(19)14(20)12(18)9-17-11/h11-14,17-20H,6-10H2,1-5H3. The molecule has 0 spiro atoms. The molecule has 1 aliphatic heterocycles. The number of nitrogens with one attached hydrogen (secondary N) is 1. The number of rotatable bonds is 6. The Morgan fingerprint density at radius 1 is 1.10 bits per heavy atom. The van der Waals surface area contributed by atoms with Gasteiger partial charge in [-0.2, -0.15) is 11.8 Å². The van der Waals surface area contributed by atoms with Gasteiger partial charge in [0.1, 0.15) is 6.10 Å². The fourth-order valence-corrected chi connectivity index (χ4v) is 4.69. The Morgan fingerprint density at radius 3 is 2.24 bits per heavy atom. The van der Waals surface area contributed by atoms with Gasteiger partial charge in [0.25, 0.3) is 0 Å². The first-order valence-corrected chi connectivity index (χ1v) is 8.98. The normalized spacial score (nSPS) is 33.7. The second kappa shape index (κ2) is 7.64. The zero-order valence-corrected chi connectivity index (χ0v) is 14.9. The van der Waals surface area contributed by atoms with Crippen molar-refractivity contribution < 1.29 is 15.3 Å². The third kappa shape index (κ3) is 6.06. The molecule has 1 aliphatic rings. The predicted octanol–water partition coefficient (Wildman–Crippen LogP) is 1.77. The van der Waals surface area contributed by atoms with E-state index in [0.29, 0.717) is 12.0 Å². The Labute approximate surface area is 133 Å². The van der Waals surface area contributed by atoms with Gasteiger partial charge < -0.3 is 20.6 Å². The summed E-state index contributed by atoms with van der Waals surface area (Å²) in [5, 5.41) is 32.4. The number of piperidine rings is 1. The lowest BCUT2D eigenvalue weighted by atomic mass is 9.84. The van der Waals surface area contributed by atoms with Gasteiger partial charge in [-0.25, -0.2) is 0 Å². The van der Waals surface area contributed by atoms with E-state index >= 15 is 0 Å². The zero-order valence-electron chi connectivity index (χ0n) is 14.1. The van der Waals surface area contributed by atoms with Crippen molar-refractivity contribution in [2.75, 3.05) is 12.3 Å². The second-order valence-electron chi connectivity index (χ2n) is 7.74. The first kappa shape index (κ1) is 19.2. The molecule has 0 aliphatic carbocycles. The molecule has 0 saturated carbocycles. The van der Waals surface area contributed by atoms with Crippen molar-refractivity contribution in [3.8, 4) is 0 Å². The molecule has 1 heterocycles. The van der Waals surface area contributed by atoms with Gasteiger partial charge in [-0.3, -0.25) is 0 Å². The summed E-state index contributed by atoms with van der Waals surface area (Å²) in [5.41, 5.74) is 0.306. The van der Waals surface area contributed by atoms with Crippen LogP contribution >= 0.6 is 11.8 Å². The van der Waals surface area contributed by atoms with Gasteiger partial charge in [0.2, 0.25) is 0 Å². The maximum atomic E-state index is 10.00. The van der Waals surface area contributed by atoms with Crippen LogP contribution in [-0.2, 0) is 0 Å². The molecule has 126 valence electrons. The third-order valence-corrected chi connectivity index (χ3v) is 5.85. The largest absolute Gasteiger partial charge is 0.389 e. The molecule has 5 unspecified atom stereocenters. The van der Waals surface area contributed by atoms with Crippen LogP contribution in [-0.4, -0.2) is 56.7 Å². The van der Waals surface area contributed by atoms with Crippen LogP contribution in [0.4, 0.5) is 0 Å². The van der Waals surface area contributed by atoms with Crippen LogP contribution in [0.5, 0.6) is 0 Å². The van der Waals surface area contributed by atoms with Crippen LogP contribution in [0.25, 0.3) is 0 Å². The van der Waals surface area contributed by atoms with E-state index in [2.05, 4.69) is 39.9 Å². The molecule has 1 rings (SSSR count). The van der Waals surface area contributed by atoms with Crippen molar-refractivity contribution in [1.82, 2.24) is 5.32 Å². The number of thioether (sulfide) groups is 1. The van der Waals surface area contributed by atoms with E-state index < -0.39 is 18.3 Å². The van der Waals surface area contributed by atoms with Crippen molar-refractivity contribution in [2.24, 2.45) is 5.41 Å². The smallest absolute Gasteiger partial charge is 0.108 e. The van der Waals surface area contributed by atoms with Crippen molar-refractivity contribution in [2.45, 2.75) is 83.0 Å². The molecular weight excluding hydrogens is 286 g/mol. The summed E-state index contributed by atoms with van der Waals surface area (Å²) >= 11 is 1.95. The molecule has 0 aromatic heterocycles. The van der Waals surface area contributed by atoms with E-state index in [9.17, 15) is 15.3 Å². The summed E-state index contributed by atoms with van der Waals surface area (Å²) in [6, 6.07) is -0.133. The van der Waals surface area contributed by atoms with Crippen LogP contribution in [0.2, 0.25) is 0 Å². The number of aliphatic hydroxyl groups excluding tert-OH is 3. The monoisotopic (exact) mass is 319 g/mol. The molecule has 5 atom stereocenters. The lowest BCUT2D eigenvalue weighted by Crippen LogP contribution is -2.59. The first-order valence-electron chi connectivity index (χ1n) is 7.99. The summed E-state index contributed by atoms with van der Waals surface area (Å²) in [5.74, 6) is 0.942. The highest BCUT2D eigenvalue weighted by Crippen LogP contribution is 2.40. The van der Waals surface area contributed by atoms with Crippen molar-refractivity contribution >= 4 is 11.8 Å². The van der Waals surface area contributed by atoms with Gasteiger partial charge in [0.05, 0.1) is 12.2 Å². The van der Waals surface area contributed by atoms with E-state index in [-0.39, 0.29) is 10.8 Å². The average molecular weight is 320 g/mol. The van der Waals surface area contributed by atoms with E-state index in [1.165, 1.54) is 0 Å². The average Bonchev–Trinajstić information content (AvgIpc) is 2.37. The minimum Gasteiger partial charge on any atom is -0.389 e. The molecule has 5 heteroatoms. The fourth-order valence-electron chi connectivity index (χ4n) is 3.08. The molecular formula is C16H33NO3S. The highest BCUT2D eigenvalue weighted by Gasteiger charge is 2.36. The second-order valence-corrected chi connectivity index (χ2v) is 9.42. The van der Waals surface area contributed by atoms with Crippen LogP contribution in [0.15, 0.2) is 0 Å². The number of hydrogen-bond acceptors (Lipinski definition) is 5. The lowest BCUT2D eigenvalue weighted by molar-refractivity contribution is -0.0942. The van der Waals surface area contributed by atoms with Gasteiger partial charge >= 0.3 is 0 Å². The van der Waals surface area contributed by atoms with E-state index in [0.717, 1.165) is 25.0 Å². The summed E-state index contributed by atoms with van der Waals surface area (Å²) in [6.45, 7) is 11.7. The summed E-state index contributed by atoms with van der Waals surface area (Å²) < 4.78 is 0.246. The molecule has 0 bridgehead atoms. The molecule has 0 aromatic carbocycles. The van der Waals surface area contributed by atoms with Crippen LogP contribution in [0, 0.1) is 5.41 Å². The SMILES string of the molecule is CCC(C)(CC(C)(C)C)SCCC1NCC(O)C(O)C1O. The van der Waals surface area contributed by atoms with Crippen molar-refractivity contribution in [1.29, 1.82) is 0 Å². The molecule has 0 aromatic rings. The van der Waals surface area contributed by atoms with Gasteiger partial charge in [0, 0.05) is 17.3 Å². The molecule has 1 fully saturated rings. The Kier molecular flexibility index (Phi) is 7.00. The Bertz CT molecular complexity index is 321. The summed E-state index contributed by atoms with van der Waals surface area (Å²) in [6.07, 6.45) is 0.291. The quantitative estimate of drug-likeness (QED) is 0.600. The Hall–Kier alpha value is 0.190. The summed E-state index contributed by atoms with van der Waals surface area (Å²) in [7, 11) is 0. The molecule has 0 radical (unpaired) electrons. The molecule has 4 N–H and O–H groups in total. The van der Waals surface area contributed by atoms with Gasteiger partial charge in [-0.05, 0) is 30.4 Å². The Balaban J connectivity index is 2.44. The van der Waals surface area contributed by atoms with Crippen LogP contribution < -0.4 is 5.32 Å². The predicted molar refractivity (Wildman–Crippen MR) is 89.7 cm³/mol. The number of β-amino-alcohol motifs (C(OH)–C–C–N with tert-alkyl or cyclic N) is 1. The summed E-state index contributed by atoms with van der Waals surface area (Å²) in [4.78, 5) is 0. The van der Waals surface area contributed by atoms with E-state index in [1.54, 1.807) is 0 Å². The zero-order chi connectivity index (χ0) is 16.3. The highest BCUT2D eigenvalue weighted by molar-refractivity contribution is 8.00. The molecule has 4 nitrogen and oxygen atoms in total. The minimum atomic E-state index is -1.03. The number of hydrogen-bond donors (Lipinski definition) is 4. The fraction of sp³-hybridized carbons (Fsp3) is 1.00. The van der Waals surface area contributed by atoms with Crippen molar-refractivity contribution in [3.63, 3.8) is 0 Å². The third-order valence-electron chi connectivity index (χ3n) is 4.28. The minimum absolute atomic E-state index is 0.133. The van der Waals surface area contributed by atoms with Gasteiger partial charge in [-0.15, -0.1) is 0 Å². The Morgan fingerprint density at radius 2 is 1.71 bits per heavy atom. The van der Waals surface area contributed by atoms with E-state index in [1.807, 2.05) is 11.8 Å². The molecule has 21 heavy (non-hydrogen) atoms. The van der Waals surface area contributed by atoms with Gasteiger partial charge in [-0.1, -0.05) is 34.6 Å². The maximum Gasteiger partial charge on any atom is 0.108 e. The van der Waals surface area contributed by atoms with Crippen molar-refractivity contribution in [3.05, 3.63) is 0 Å². The topological polar surface area (TPSA) is 72.7 Å². The molecule has 0 amide bonds. The highest BCUT2D eigenvalue weighted by atomic mass is 32.2. The maximum absolute atomic E-state index is 10.00. The van der Waals surface area contributed by atoms with Crippen LogP contribution in [0.3, 0.4) is 0 Å².